The zero-order valence-corrected chi connectivity index (χ0v) is 8.15. The molecule has 0 aliphatic carbocycles. The van der Waals surface area contributed by atoms with Gasteiger partial charge in [-0.1, -0.05) is 0 Å². The average molecular weight is 193 g/mol. The molecule has 0 aromatic carbocycles. The molecule has 2 heterocycles. The van der Waals surface area contributed by atoms with Crippen LogP contribution in [-0.2, 0) is 0 Å². The second kappa shape index (κ2) is 4.28. The summed E-state index contributed by atoms with van der Waals surface area (Å²) in [6.07, 6.45) is 2.98. The summed E-state index contributed by atoms with van der Waals surface area (Å²) in [5.74, 6) is 1.31. The molecule has 76 valence electrons. The van der Waals surface area contributed by atoms with Crippen molar-refractivity contribution >= 4 is 5.82 Å². The molecule has 14 heavy (non-hydrogen) atoms. The fourth-order valence-electron chi connectivity index (χ4n) is 1.42. The van der Waals surface area contributed by atoms with E-state index in [1.165, 1.54) is 19.5 Å². The van der Waals surface area contributed by atoms with E-state index in [2.05, 4.69) is 9.88 Å². The largest absolute Gasteiger partial charge is 0.492 e. The van der Waals surface area contributed by atoms with Gasteiger partial charge in [0.2, 0.25) is 0 Å². The number of nitrogens with two attached hydrogens (primary N) is 1. The van der Waals surface area contributed by atoms with Crippen molar-refractivity contribution in [3.63, 3.8) is 0 Å². The van der Waals surface area contributed by atoms with Gasteiger partial charge in [-0.3, -0.25) is 4.90 Å². The first-order valence-electron chi connectivity index (χ1n) is 4.91. The van der Waals surface area contributed by atoms with Gasteiger partial charge in [-0.15, -0.1) is 0 Å². The number of hydrogen-bond donors (Lipinski definition) is 1. The van der Waals surface area contributed by atoms with Crippen LogP contribution in [0.4, 0.5) is 5.82 Å². The van der Waals surface area contributed by atoms with E-state index in [4.69, 9.17) is 10.5 Å². The standard InChI is InChI=1S/C10H15N3O/c11-10-8-9(2-3-12-10)14-7-6-13-4-1-5-13/h2-3,8H,1,4-7H2,(H2,11,12). The van der Waals surface area contributed by atoms with Gasteiger partial charge in [0, 0.05) is 18.8 Å². The summed E-state index contributed by atoms with van der Waals surface area (Å²) in [7, 11) is 0. The molecule has 1 aromatic heterocycles. The number of rotatable bonds is 4. The van der Waals surface area contributed by atoms with Crippen LogP contribution in [0.2, 0.25) is 0 Å². The van der Waals surface area contributed by atoms with Crippen LogP contribution in [0, 0.1) is 0 Å². The van der Waals surface area contributed by atoms with E-state index in [0.29, 0.717) is 5.82 Å². The summed E-state index contributed by atoms with van der Waals surface area (Å²) in [5.41, 5.74) is 5.53. The third-order valence-corrected chi connectivity index (χ3v) is 2.38. The van der Waals surface area contributed by atoms with E-state index in [0.717, 1.165) is 18.9 Å². The number of pyridine rings is 1. The highest BCUT2D eigenvalue weighted by Crippen LogP contribution is 2.12. The van der Waals surface area contributed by atoms with E-state index >= 15 is 0 Å². The smallest absolute Gasteiger partial charge is 0.126 e. The number of nitrogen functional groups attached to an aromatic ring is 1. The normalized spacial score (nSPS) is 16.3. The third-order valence-electron chi connectivity index (χ3n) is 2.38. The number of ether oxygens (including phenoxy) is 1. The summed E-state index contributed by atoms with van der Waals surface area (Å²) in [4.78, 5) is 6.26. The molecule has 0 unspecified atom stereocenters. The molecule has 0 bridgehead atoms. The van der Waals surface area contributed by atoms with Gasteiger partial charge in [0.05, 0.1) is 0 Å². The summed E-state index contributed by atoms with van der Waals surface area (Å²) in [6.45, 7) is 4.15. The molecule has 1 aliphatic rings. The fraction of sp³-hybridized carbons (Fsp3) is 0.500. The minimum absolute atomic E-state index is 0.506. The first kappa shape index (κ1) is 9.27. The van der Waals surface area contributed by atoms with Crippen molar-refractivity contribution in [2.75, 3.05) is 32.0 Å². The van der Waals surface area contributed by atoms with Gasteiger partial charge in [0.25, 0.3) is 0 Å². The molecule has 0 radical (unpaired) electrons. The van der Waals surface area contributed by atoms with Gasteiger partial charge in [-0.25, -0.2) is 4.98 Å². The van der Waals surface area contributed by atoms with Crippen LogP contribution in [0.15, 0.2) is 18.3 Å². The third kappa shape index (κ3) is 2.35. The van der Waals surface area contributed by atoms with Crippen LogP contribution in [0.3, 0.4) is 0 Å². The second-order valence-corrected chi connectivity index (χ2v) is 3.46. The molecule has 1 aliphatic heterocycles. The van der Waals surface area contributed by atoms with Crippen LogP contribution in [-0.4, -0.2) is 36.1 Å². The van der Waals surface area contributed by atoms with E-state index in [9.17, 15) is 0 Å². The molecule has 4 nitrogen and oxygen atoms in total. The molecule has 1 fully saturated rings. The van der Waals surface area contributed by atoms with Crippen molar-refractivity contribution in [3.05, 3.63) is 18.3 Å². The van der Waals surface area contributed by atoms with Crippen LogP contribution >= 0.6 is 0 Å². The highest BCUT2D eigenvalue weighted by molar-refractivity contribution is 5.35. The maximum Gasteiger partial charge on any atom is 0.126 e. The SMILES string of the molecule is Nc1cc(OCCN2CCC2)ccn1. The molecule has 0 saturated carbocycles. The Morgan fingerprint density at radius 2 is 2.36 bits per heavy atom. The first-order valence-corrected chi connectivity index (χ1v) is 4.91. The average Bonchev–Trinajstić information content (AvgIpc) is 2.09. The van der Waals surface area contributed by atoms with E-state index < -0.39 is 0 Å². The monoisotopic (exact) mass is 193 g/mol. The van der Waals surface area contributed by atoms with Crippen LogP contribution in [0.25, 0.3) is 0 Å². The van der Waals surface area contributed by atoms with Gasteiger partial charge in [-0.05, 0) is 25.6 Å². The molecule has 2 N–H and O–H groups in total. The number of hydrogen-bond acceptors (Lipinski definition) is 4. The quantitative estimate of drug-likeness (QED) is 0.766. The maximum atomic E-state index is 5.53. The highest BCUT2D eigenvalue weighted by Gasteiger charge is 2.12. The summed E-state index contributed by atoms with van der Waals surface area (Å²) < 4.78 is 5.53. The van der Waals surface area contributed by atoms with Crippen molar-refractivity contribution in [1.82, 2.24) is 9.88 Å². The number of nitrogens with zero attached hydrogens (tertiary/aromatic N) is 2. The second-order valence-electron chi connectivity index (χ2n) is 3.46. The Bertz CT molecular complexity index is 299. The molecule has 0 amide bonds. The first-order chi connectivity index (χ1) is 6.84. The Kier molecular flexibility index (Phi) is 2.84. The van der Waals surface area contributed by atoms with Crippen molar-refractivity contribution in [2.24, 2.45) is 0 Å². The van der Waals surface area contributed by atoms with E-state index in [-0.39, 0.29) is 0 Å². The van der Waals surface area contributed by atoms with Crippen molar-refractivity contribution < 1.29 is 4.74 Å². The summed E-state index contributed by atoms with van der Waals surface area (Å²) in [6, 6.07) is 3.57. The van der Waals surface area contributed by atoms with Gasteiger partial charge < -0.3 is 10.5 Å². The lowest BCUT2D eigenvalue weighted by molar-refractivity contribution is 0.147. The minimum Gasteiger partial charge on any atom is -0.492 e. The molecule has 1 aromatic rings. The molecular weight excluding hydrogens is 178 g/mol. The van der Waals surface area contributed by atoms with Crippen LogP contribution in [0.5, 0.6) is 5.75 Å². The Labute approximate surface area is 83.7 Å². The lowest BCUT2D eigenvalue weighted by Crippen LogP contribution is -2.39. The number of likely N-dealkylation sites (tertiary alicyclic amines) is 1. The van der Waals surface area contributed by atoms with Gasteiger partial charge in [0.1, 0.15) is 18.2 Å². The Balaban J connectivity index is 1.74. The zero-order valence-electron chi connectivity index (χ0n) is 8.15. The van der Waals surface area contributed by atoms with Gasteiger partial charge >= 0.3 is 0 Å². The Hall–Kier alpha value is -1.29. The highest BCUT2D eigenvalue weighted by atomic mass is 16.5. The number of aromatic nitrogens is 1. The molecule has 4 heteroatoms. The van der Waals surface area contributed by atoms with Crippen LogP contribution in [0.1, 0.15) is 6.42 Å². The molecule has 0 spiro atoms. The van der Waals surface area contributed by atoms with Crippen molar-refractivity contribution in [1.29, 1.82) is 0 Å². The van der Waals surface area contributed by atoms with Crippen molar-refractivity contribution in [3.8, 4) is 5.75 Å². The molecular formula is C10H15N3O. The summed E-state index contributed by atoms with van der Waals surface area (Å²) in [5, 5.41) is 0. The number of anilines is 1. The molecule has 1 saturated heterocycles. The lowest BCUT2D eigenvalue weighted by atomic mass is 10.2. The predicted molar refractivity (Wildman–Crippen MR) is 55.2 cm³/mol. The Morgan fingerprint density at radius 3 is 3.00 bits per heavy atom. The van der Waals surface area contributed by atoms with Crippen molar-refractivity contribution in [2.45, 2.75) is 6.42 Å². The fourth-order valence-corrected chi connectivity index (χ4v) is 1.42. The maximum absolute atomic E-state index is 5.53. The Morgan fingerprint density at radius 1 is 1.50 bits per heavy atom. The lowest BCUT2D eigenvalue weighted by Gasteiger charge is -2.30. The summed E-state index contributed by atoms with van der Waals surface area (Å²) >= 11 is 0. The molecule has 2 rings (SSSR count). The van der Waals surface area contributed by atoms with Crippen LogP contribution < -0.4 is 10.5 Å². The zero-order chi connectivity index (χ0) is 9.80. The minimum atomic E-state index is 0.506. The van der Waals surface area contributed by atoms with Gasteiger partial charge in [0.15, 0.2) is 0 Å². The molecule has 0 atom stereocenters. The topological polar surface area (TPSA) is 51.4 Å². The van der Waals surface area contributed by atoms with E-state index in [1.807, 2.05) is 6.07 Å². The van der Waals surface area contributed by atoms with E-state index in [1.54, 1.807) is 12.3 Å². The predicted octanol–water partition coefficient (Wildman–Crippen LogP) is 0.748. The van der Waals surface area contributed by atoms with Gasteiger partial charge in [-0.2, -0.15) is 0 Å².